The van der Waals surface area contributed by atoms with Crippen LogP contribution >= 0.6 is 39.3 Å². The number of ether oxygens (including phenoxy) is 1. The number of carbonyl (C=O) groups is 2. The molecular weight excluding hydrogens is 672 g/mol. The summed E-state index contributed by atoms with van der Waals surface area (Å²) in [7, 11) is 0. The molecule has 236 valence electrons. The first-order valence-electron chi connectivity index (χ1n) is 15.4. The van der Waals surface area contributed by atoms with Crippen LogP contribution < -0.4 is 5.32 Å². The molecule has 2 aliphatic rings. The third kappa shape index (κ3) is 6.98. The number of nitrogens with one attached hydrogen (secondary N) is 2. The van der Waals surface area contributed by atoms with Crippen LogP contribution in [-0.2, 0) is 20.9 Å². The molecule has 0 spiro atoms. The van der Waals surface area contributed by atoms with Crippen LogP contribution in [0.5, 0.6) is 0 Å². The molecule has 3 aromatic carbocycles. The molecule has 0 unspecified atom stereocenters. The van der Waals surface area contributed by atoms with Gasteiger partial charge in [-0.15, -0.1) is 11.8 Å². The lowest BCUT2D eigenvalue weighted by molar-refractivity contribution is -0.129. The second-order valence-electron chi connectivity index (χ2n) is 12.0. The molecule has 2 fully saturated rings. The molecule has 0 bridgehead atoms. The van der Waals surface area contributed by atoms with Crippen molar-refractivity contribution in [1.29, 1.82) is 0 Å². The highest BCUT2D eigenvalue weighted by atomic mass is 79.9. The average molecular weight is 710 g/mol. The van der Waals surface area contributed by atoms with Gasteiger partial charge < -0.3 is 19.9 Å². The van der Waals surface area contributed by atoms with E-state index < -0.39 is 10.8 Å². The molecule has 2 N–H and O–H groups in total. The number of nitrogens with zero attached hydrogens (tertiary/aromatic N) is 2. The first-order valence-corrected chi connectivity index (χ1v) is 17.4. The summed E-state index contributed by atoms with van der Waals surface area (Å²) in [6, 6.07) is 19.5. The lowest BCUT2D eigenvalue weighted by Gasteiger charge is -2.36. The van der Waals surface area contributed by atoms with Gasteiger partial charge in [-0.25, -0.2) is 0 Å². The molecule has 0 saturated carbocycles. The number of aromatic nitrogens is 1. The summed E-state index contributed by atoms with van der Waals surface area (Å²) in [5, 5.41) is 4.85. The molecule has 2 aliphatic heterocycles. The maximum atomic E-state index is 14.7. The number of halogens is 2. The van der Waals surface area contributed by atoms with Gasteiger partial charge in [0, 0.05) is 63.2 Å². The van der Waals surface area contributed by atoms with Crippen LogP contribution in [-0.4, -0.2) is 70.7 Å². The van der Waals surface area contributed by atoms with Crippen molar-refractivity contribution in [2.24, 2.45) is 0 Å². The minimum atomic E-state index is -1.11. The van der Waals surface area contributed by atoms with E-state index >= 15 is 0 Å². The number of amides is 2. The second-order valence-corrected chi connectivity index (χ2v) is 14.7. The highest BCUT2D eigenvalue weighted by Gasteiger charge is 2.58. The van der Waals surface area contributed by atoms with Crippen molar-refractivity contribution in [3.8, 4) is 0 Å². The molecule has 2 saturated heterocycles. The third-order valence-corrected chi connectivity index (χ3v) is 11.1. The summed E-state index contributed by atoms with van der Waals surface area (Å²) in [5.74, 6) is -0.168. The number of aromatic amines is 1. The predicted molar refractivity (Wildman–Crippen MR) is 185 cm³/mol. The van der Waals surface area contributed by atoms with E-state index in [0.29, 0.717) is 18.1 Å². The van der Waals surface area contributed by atoms with Gasteiger partial charge in [0.25, 0.3) is 0 Å². The van der Waals surface area contributed by atoms with E-state index in [1.54, 1.807) is 0 Å². The zero-order chi connectivity index (χ0) is 31.6. The maximum absolute atomic E-state index is 14.7. The van der Waals surface area contributed by atoms with Gasteiger partial charge >= 0.3 is 0 Å². The Morgan fingerprint density at radius 2 is 1.87 bits per heavy atom. The van der Waals surface area contributed by atoms with Crippen LogP contribution in [0.3, 0.4) is 0 Å². The van der Waals surface area contributed by atoms with E-state index in [-0.39, 0.29) is 18.2 Å². The molecule has 7 nitrogen and oxygen atoms in total. The number of morpholine rings is 1. The van der Waals surface area contributed by atoms with Crippen molar-refractivity contribution < 1.29 is 14.3 Å². The number of benzene rings is 3. The number of carbonyl (C=O) groups excluding carboxylic acids is 2. The fourth-order valence-corrected chi connectivity index (χ4v) is 8.32. The van der Waals surface area contributed by atoms with E-state index in [4.69, 9.17) is 16.3 Å². The number of fused-ring (bicyclic) bond motifs is 1. The van der Waals surface area contributed by atoms with Crippen LogP contribution in [0.4, 0.5) is 0 Å². The maximum Gasteiger partial charge on any atom is 0.239 e. The number of hydrogen-bond acceptors (Lipinski definition) is 5. The van der Waals surface area contributed by atoms with E-state index in [2.05, 4.69) is 63.2 Å². The summed E-state index contributed by atoms with van der Waals surface area (Å²) < 4.78 is 5.35. The zero-order valence-corrected chi connectivity index (χ0v) is 28.7. The standard InChI is InChI=1S/C35H38BrClN4O3S/c1-23-4-10-28(18-24(23)2)45-35(34(43)38-12-3-13-40-14-16-44-17-15-40)20-32(42)41(22-25-5-7-26(36)8-6-25)33(35)30-21-39-31-19-27(37)9-11-29(30)31/h4-11,18-19,21,33,39H,3,12-17,20,22H2,1-2H3,(H,38,43)/t33-,35-/m1/s1. The van der Waals surface area contributed by atoms with Crippen molar-refractivity contribution in [1.82, 2.24) is 20.1 Å². The van der Waals surface area contributed by atoms with Crippen molar-refractivity contribution in [2.75, 3.05) is 39.4 Å². The fraction of sp³-hybridized carbons (Fsp3) is 0.371. The Kier molecular flexibility index (Phi) is 9.92. The molecule has 1 aromatic heterocycles. The van der Waals surface area contributed by atoms with Crippen molar-refractivity contribution >= 4 is 62.0 Å². The minimum absolute atomic E-state index is 0.0500. The Bertz CT molecular complexity index is 1690. The molecule has 3 heterocycles. The average Bonchev–Trinajstić information content (AvgIpc) is 3.56. The highest BCUT2D eigenvalue weighted by molar-refractivity contribution is 9.10. The van der Waals surface area contributed by atoms with E-state index in [0.717, 1.165) is 76.2 Å². The molecule has 6 rings (SSSR count). The SMILES string of the molecule is Cc1ccc(S[C@]2(C(=O)NCCCN3CCOCC3)CC(=O)N(Cc3ccc(Br)cc3)[C@@H]2c2c[nH]c3cc(Cl)ccc23)cc1C. The number of aryl methyl sites for hydroxylation is 2. The Labute approximate surface area is 282 Å². The highest BCUT2D eigenvalue weighted by Crippen LogP contribution is 2.54. The lowest BCUT2D eigenvalue weighted by atomic mass is 9.91. The Morgan fingerprint density at radius 1 is 1.09 bits per heavy atom. The molecule has 0 aliphatic carbocycles. The topological polar surface area (TPSA) is 77.7 Å². The third-order valence-electron chi connectivity index (χ3n) is 8.93. The van der Waals surface area contributed by atoms with Gasteiger partial charge in [0.05, 0.1) is 25.7 Å². The molecule has 4 aromatic rings. The Morgan fingerprint density at radius 3 is 2.62 bits per heavy atom. The van der Waals surface area contributed by atoms with Crippen LogP contribution in [0.2, 0.25) is 5.02 Å². The van der Waals surface area contributed by atoms with Gasteiger partial charge in [-0.3, -0.25) is 14.5 Å². The number of rotatable bonds is 10. The second kappa shape index (κ2) is 13.9. The van der Waals surface area contributed by atoms with Crippen molar-refractivity contribution in [3.63, 3.8) is 0 Å². The van der Waals surface area contributed by atoms with Crippen LogP contribution in [0.1, 0.15) is 41.1 Å². The molecule has 2 atom stereocenters. The Balaban J connectivity index is 1.40. The van der Waals surface area contributed by atoms with E-state index in [1.807, 2.05) is 53.6 Å². The number of H-pyrrole nitrogens is 1. The van der Waals surface area contributed by atoms with Crippen LogP contribution in [0, 0.1) is 13.8 Å². The van der Waals surface area contributed by atoms with Gasteiger partial charge in [0.2, 0.25) is 11.8 Å². The van der Waals surface area contributed by atoms with E-state index in [9.17, 15) is 9.59 Å². The number of thioether (sulfide) groups is 1. The van der Waals surface area contributed by atoms with Gasteiger partial charge in [-0.2, -0.15) is 0 Å². The smallest absolute Gasteiger partial charge is 0.239 e. The molecule has 10 heteroatoms. The monoisotopic (exact) mass is 708 g/mol. The van der Waals surface area contributed by atoms with Crippen LogP contribution in [0.15, 0.2) is 76.2 Å². The molecule has 0 radical (unpaired) electrons. The number of likely N-dealkylation sites (tertiary alicyclic amines) is 1. The molecular formula is C35H38BrClN4O3S. The lowest BCUT2D eigenvalue weighted by Crippen LogP contribution is -2.48. The summed E-state index contributed by atoms with van der Waals surface area (Å²) >= 11 is 11.4. The number of hydrogen-bond donors (Lipinski definition) is 2. The summed E-state index contributed by atoms with van der Waals surface area (Å²) in [6.45, 7) is 9.28. The largest absolute Gasteiger partial charge is 0.379 e. The minimum Gasteiger partial charge on any atom is -0.379 e. The van der Waals surface area contributed by atoms with Crippen molar-refractivity contribution in [3.05, 3.63) is 98.6 Å². The predicted octanol–water partition coefficient (Wildman–Crippen LogP) is 7.04. The molecule has 2 amide bonds. The van der Waals surface area contributed by atoms with Gasteiger partial charge in [-0.1, -0.05) is 51.8 Å². The molecule has 45 heavy (non-hydrogen) atoms. The summed E-state index contributed by atoms with van der Waals surface area (Å²) in [5.41, 5.74) is 5.11. The quantitative estimate of drug-likeness (QED) is 0.173. The normalized spacial score (nSPS) is 20.7. The first-order chi connectivity index (χ1) is 21.7. The summed E-state index contributed by atoms with van der Waals surface area (Å²) in [4.78, 5) is 37.5. The first kappa shape index (κ1) is 32.1. The van der Waals surface area contributed by atoms with Gasteiger partial charge in [0.15, 0.2) is 0 Å². The van der Waals surface area contributed by atoms with E-state index in [1.165, 1.54) is 17.3 Å². The Hall–Kier alpha value is -2.82. The fourth-order valence-electron chi connectivity index (χ4n) is 6.36. The zero-order valence-electron chi connectivity index (χ0n) is 25.6. The van der Waals surface area contributed by atoms with Gasteiger partial charge in [-0.05, 0) is 79.9 Å². The van der Waals surface area contributed by atoms with Crippen LogP contribution in [0.25, 0.3) is 10.9 Å². The summed E-state index contributed by atoms with van der Waals surface area (Å²) in [6.07, 6.45) is 2.85. The van der Waals surface area contributed by atoms with Crippen molar-refractivity contribution in [2.45, 2.75) is 48.9 Å². The van der Waals surface area contributed by atoms with Gasteiger partial charge in [0.1, 0.15) is 4.75 Å².